The van der Waals surface area contributed by atoms with Gasteiger partial charge < -0.3 is 0 Å². The normalized spacial score (nSPS) is 14.7. The molecule has 0 saturated carbocycles. The molecule has 0 saturated heterocycles. The van der Waals surface area contributed by atoms with Crippen molar-refractivity contribution in [3.8, 4) is 0 Å². The van der Waals surface area contributed by atoms with Crippen LogP contribution in [0.25, 0.3) is 0 Å². The SMILES string of the molecule is CC(C)(CCOS(C)(=O)=O)CCc1cccc2c1C(=O)NC2=O. The van der Waals surface area contributed by atoms with Crippen LogP contribution >= 0.6 is 0 Å². The molecular weight excluding hydrogens is 318 g/mol. The molecule has 1 aliphatic rings. The van der Waals surface area contributed by atoms with Gasteiger partial charge in [0.05, 0.1) is 24.0 Å². The van der Waals surface area contributed by atoms with Crippen molar-refractivity contribution < 1.29 is 22.2 Å². The second-order valence-electron chi connectivity index (χ2n) is 6.56. The highest BCUT2D eigenvalue weighted by Crippen LogP contribution is 2.29. The van der Waals surface area contributed by atoms with E-state index < -0.39 is 10.1 Å². The molecule has 0 atom stereocenters. The molecule has 7 heteroatoms. The lowest BCUT2D eigenvalue weighted by Crippen LogP contribution is -2.20. The minimum atomic E-state index is -3.43. The van der Waals surface area contributed by atoms with Crippen LogP contribution in [0.1, 0.15) is 53.0 Å². The summed E-state index contributed by atoms with van der Waals surface area (Å²) in [5, 5.41) is 2.31. The van der Waals surface area contributed by atoms with Crippen molar-refractivity contribution in [3.63, 3.8) is 0 Å². The maximum absolute atomic E-state index is 11.9. The number of imide groups is 1. The third kappa shape index (κ3) is 4.62. The summed E-state index contributed by atoms with van der Waals surface area (Å²) in [6.45, 7) is 4.18. The van der Waals surface area contributed by atoms with E-state index in [1.165, 1.54) is 0 Å². The molecule has 0 bridgehead atoms. The van der Waals surface area contributed by atoms with Crippen molar-refractivity contribution >= 4 is 21.9 Å². The highest BCUT2D eigenvalue weighted by atomic mass is 32.2. The standard InChI is InChI=1S/C16H21NO5S/c1-16(2,9-10-22-23(3,20)21)8-7-11-5-4-6-12-13(11)15(19)17-14(12)18/h4-6H,7-10H2,1-3H3,(H,17,18,19). The smallest absolute Gasteiger partial charge is 0.264 e. The molecule has 6 nitrogen and oxygen atoms in total. The van der Waals surface area contributed by atoms with Crippen LogP contribution in [0.15, 0.2) is 18.2 Å². The van der Waals surface area contributed by atoms with E-state index in [0.717, 1.165) is 18.2 Å². The lowest BCUT2D eigenvalue weighted by Gasteiger charge is -2.24. The van der Waals surface area contributed by atoms with Crippen LogP contribution in [0.5, 0.6) is 0 Å². The fourth-order valence-corrected chi connectivity index (χ4v) is 2.95. The average molecular weight is 339 g/mol. The fourth-order valence-electron chi connectivity index (χ4n) is 2.57. The van der Waals surface area contributed by atoms with Crippen LogP contribution in [-0.4, -0.2) is 33.1 Å². The molecular formula is C16H21NO5S. The van der Waals surface area contributed by atoms with Crippen molar-refractivity contribution in [2.45, 2.75) is 33.1 Å². The molecule has 0 spiro atoms. The molecule has 126 valence electrons. The third-order valence-electron chi connectivity index (χ3n) is 4.00. The van der Waals surface area contributed by atoms with Gasteiger partial charge in [-0.25, -0.2) is 0 Å². The highest BCUT2D eigenvalue weighted by Gasteiger charge is 2.29. The topological polar surface area (TPSA) is 89.5 Å². The summed E-state index contributed by atoms with van der Waals surface area (Å²) in [5.74, 6) is -0.702. The first-order valence-corrected chi connectivity index (χ1v) is 9.23. The Morgan fingerprint density at radius 3 is 2.48 bits per heavy atom. The first-order valence-electron chi connectivity index (χ1n) is 7.41. The molecule has 2 rings (SSSR count). The second kappa shape index (κ2) is 6.41. The Bertz CT molecular complexity index is 737. The number of carbonyl (C=O) groups is 2. The molecule has 1 aromatic carbocycles. The molecule has 0 aliphatic carbocycles. The molecule has 1 N–H and O–H groups in total. The van der Waals surface area contributed by atoms with Gasteiger partial charge in [0, 0.05) is 0 Å². The Morgan fingerprint density at radius 2 is 1.83 bits per heavy atom. The highest BCUT2D eigenvalue weighted by molar-refractivity contribution is 7.85. The van der Waals surface area contributed by atoms with Gasteiger partial charge in [0.1, 0.15) is 0 Å². The Labute approximate surface area is 136 Å². The molecule has 1 aromatic rings. The minimum Gasteiger partial charge on any atom is -0.288 e. The fraction of sp³-hybridized carbons (Fsp3) is 0.500. The van der Waals surface area contributed by atoms with Gasteiger partial charge in [0.15, 0.2) is 0 Å². The number of benzene rings is 1. The molecule has 23 heavy (non-hydrogen) atoms. The lowest BCUT2D eigenvalue weighted by atomic mass is 9.82. The number of carbonyl (C=O) groups excluding carboxylic acids is 2. The zero-order valence-electron chi connectivity index (χ0n) is 13.5. The zero-order valence-corrected chi connectivity index (χ0v) is 14.3. The van der Waals surface area contributed by atoms with Crippen LogP contribution < -0.4 is 5.32 Å². The molecule has 0 radical (unpaired) electrons. The average Bonchev–Trinajstić information content (AvgIpc) is 2.71. The van der Waals surface area contributed by atoms with Crippen molar-refractivity contribution in [2.24, 2.45) is 5.41 Å². The Morgan fingerprint density at radius 1 is 1.13 bits per heavy atom. The van der Waals surface area contributed by atoms with Crippen LogP contribution in [0.3, 0.4) is 0 Å². The molecule has 0 unspecified atom stereocenters. The third-order valence-corrected chi connectivity index (χ3v) is 4.59. The van der Waals surface area contributed by atoms with Crippen LogP contribution in [0, 0.1) is 5.41 Å². The van der Waals surface area contributed by atoms with Crippen molar-refractivity contribution in [2.75, 3.05) is 12.9 Å². The Balaban J connectivity index is 2.01. The summed E-state index contributed by atoms with van der Waals surface area (Å²) >= 11 is 0. The number of nitrogens with one attached hydrogen (secondary N) is 1. The van der Waals surface area contributed by atoms with Crippen LogP contribution in [0.2, 0.25) is 0 Å². The van der Waals surface area contributed by atoms with E-state index in [0.29, 0.717) is 24.0 Å². The number of hydrogen-bond acceptors (Lipinski definition) is 5. The van der Waals surface area contributed by atoms with Crippen molar-refractivity contribution in [3.05, 3.63) is 34.9 Å². The summed E-state index contributed by atoms with van der Waals surface area (Å²) in [4.78, 5) is 23.5. The molecule has 2 amide bonds. The number of rotatable bonds is 7. The largest absolute Gasteiger partial charge is 0.288 e. The van der Waals surface area contributed by atoms with Gasteiger partial charge >= 0.3 is 0 Å². The monoisotopic (exact) mass is 339 g/mol. The number of aryl methyl sites for hydroxylation is 1. The first-order chi connectivity index (χ1) is 10.6. The first kappa shape index (κ1) is 17.6. The van der Waals surface area contributed by atoms with Crippen LogP contribution in [0.4, 0.5) is 0 Å². The lowest BCUT2D eigenvalue weighted by molar-refractivity contribution is 0.0879. The van der Waals surface area contributed by atoms with Crippen LogP contribution in [-0.2, 0) is 20.7 Å². The van der Waals surface area contributed by atoms with Gasteiger partial charge in [-0.05, 0) is 36.3 Å². The summed E-state index contributed by atoms with van der Waals surface area (Å²) in [7, 11) is -3.43. The van der Waals surface area contributed by atoms with E-state index in [-0.39, 0.29) is 23.8 Å². The molecule has 1 heterocycles. The number of fused-ring (bicyclic) bond motifs is 1. The van der Waals surface area contributed by atoms with E-state index in [4.69, 9.17) is 4.18 Å². The molecule has 0 aromatic heterocycles. The number of amides is 2. The maximum atomic E-state index is 11.9. The minimum absolute atomic E-state index is 0.137. The summed E-state index contributed by atoms with van der Waals surface area (Å²) < 4.78 is 26.8. The van der Waals surface area contributed by atoms with Crippen molar-refractivity contribution in [1.29, 1.82) is 0 Å². The van der Waals surface area contributed by atoms with Gasteiger partial charge in [-0.3, -0.25) is 19.1 Å². The van der Waals surface area contributed by atoms with E-state index in [1.807, 2.05) is 19.9 Å². The Kier molecular flexibility index (Phi) is 4.91. The van der Waals surface area contributed by atoms with Gasteiger partial charge in [0.25, 0.3) is 21.9 Å². The van der Waals surface area contributed by atoms with E-state index >= 15 is 0 Å². The predicted octanol–water partition coefficient (Wildman–Crippen LogP) is 1.90. The molecule has 1 aliphatic heterocycles. The van der Waals surface area contributed by atoms with Gasteiger partial charge in [-0.15, -0.1) is 0 Å². The van der Waals surface area contributed by atoms with E-state index in [2.05, 4.69) is 5.32 Å². The Hall–Kier alpha value is -1.73. The summed E-state index contributed by atoms with van der Waals surface area (Å²) in [5.41, 5.74) is 1.57. The summed E-state index contributed by atoms with van der Waals surface area (Å²) in [6.07, 6.45) is 3.00. The zero-order chi connectivity index (χ0) is 17.3. The number of hydrogen-bond donors (Lipinski definition) is 1. The van der Waals surface area contributed by atoms with Gasteiger partial charge in [-0.1, -0.05) is 26.0 Å². The second-order valence-corrected chi connectivity index (χ2v) is 8.21. The van der Waals surface area contributed by atoms with Gasteiger partial charge in [-0.2, -0.15) is 8.42 Å². The van der Waals surface area contributed by atoms with E-state index in [1.54, 1.807) is 12.1 Å². The van der Waals surface area contributed by atoms with Gasteiger partial charge in [0.2, 0.25) is 0 Å². The summed E-state index contributed by atoms with van der Waals surface area (Å²) in [6, 6.07) is 5.26. The quantitative estimate of drug-likeness (QED) is 0.605. The van der Waals surface area contributed by atoms with Crippen molar-refractivity contribution in [1.82, 2.24) is 5.32 Å². The maximum Gasteiger partial charge on any atom is 0.264 e. The molecule has 0 fully saturated rings. The van der Waals surface area contributed by atoms with E-state index in [9.17, 15) is 18.0 Å². The predicted molar refractivity (Wildman–Crippen MR) is 85.8 cm³/mol.